The summed E-state index contributed by atoms with van der Waals surface area (Å²) in [6.45, 7) is 4.27. The molecule has 2 heterocycles. The third kappa shape index (κ3) is 3.07. The molecule has 0 bridgehead atoms. The van der Waals surface area contributed by atoms with Crippen LogP contribution in [0.3, 0.4) is 0 Å². The molecular weight excluding hydrogens is 228 g/mol. The van der Waals surface area contributed by atoms with Crippen molar-refractivity contribution in [3.8, 4) is 0 Å². The summed E-state index contributed by atoms with van der Waals surface area (Å²) in [4.78, 5) is 6.79. The number of nitrogens with zero attached hydrogens (tertiary/aromatic N) is 2. The van der Waals surface area contributed by atoms with Gasteiger partial charge in [0.1, 0.15) is 5.82 Å². The molecule has 0 radical (unpaired) electrons. The first kappa shape index (κ1) is 12.1. The number of hydrogen-bond acceptors (Lipinski definition) is 3. The van der Waals surface area contributed by atoms with Crippen LogP contribution in [0.2, 0.25) is 0 Å². The molecule has 17 heavy (non-hydrogen) atoms. The Kier molecular flexibility index (Phi) is 3.79. The zero-order chi connectivity index (χ0) is 12.3. The smallest absolute Gasteiger partial charge is 0.128 e. The summed E-state index contributed by atoms with van der Waals surface area (Å²) >= 11 is 1.76. The molecule has 0 aliphatic carbocycles. The Hall–Kier alpha value is -1.35. The minimum atomic E-state index is 0.457. The fourth-order valence-corrected chi connectivity index (χ4v) is 2.52. The summed E-state index contributed by atoms with van der Waals surface area (Å²) in [6.07, 6.45) is 1.07. The van der Waals surface area contributed by atoms with Crippen molar-refractivity contribution < 1.29 is 0 Å². The topological polar surface area (TPSA) is 16.1 Å². The van der Waals surface area contributed by atoms with Crippen LogP contribution in [0.15, 0.2) is 35.0 Å². The van der Waals surface area contributed by atoms with Crippen molar-refractivity contribution in [2.75, 3.05) is 11.9 Å². The number of hydrogen-bond donors (Lipinski definition) is 0. The number of aryl methyl sites for hydroxylation is 1. The van der Waals surface area contributed by atoms with Gasteiger partial charge in [0.15, 0.2) is 0 Å². The molecule has 1 unspecified atom stereocenters. The summed E-state index contributed by atoms with van der Waals surface area (Å²) < 4.78 is 0. The first-order valence-electron chi connectivity index (χ1n) is 5.84. The lowest BCUT2D eigenvalue weighted by atomic mass is 10.1. The number of thiophene rings is 1. The van der Waals surface area contributed by atoms with Crippen LogP contribution in [-0.4, -0.2) is 18.1 Å². The van der Waals surface area contributed by atoms with Gasteiger partial charge in [-0.05, 0) is 54.8 Å². The molecule has 0 aromatic carbocycles. The third-order valence-electron chi connectivity index (χ3n) is 3.01. The Labute approximate surface area is 107 Å². The SMILES string of the molecule is Cc1cccc(N(C)C(C)Cc2ccsc2)n1. The monoisotopic (exact) mass is 246 g/mol. The fourth-order valence-electron chi connectivity index (χ4n) is 1.84. The zero-order valence-electron chi connectivity index (χ0n) is 10.6. The van der Waals surface area contributed by atoms with Crippen LogP contribution >= 0.6 is 11.3 Å². The van der Waals surface area contributed by atoms with Gasteiger partial charge in [0.25, 0.3) is 0 Å². The molecule has 0 aliphatic rings. The van der Waals surface area contributed by atoms with E-state index in [1.54, 1.807) is 11.3 Å². The molecule has 0 fully saturated rings. The van der Waals surface area contributed by atoms with Crippen molar-refractivity contribution >= 4 is 17.2 Å². The van der Waals surface area contributed by atoms with E-state index in [2.05, 4.69) is 52.8 Å². The van der Waals surface area contributed by atoms with Gasteiger partial charge in [-0.2, -0.15) is 11.3 Å². The third-order valence-corrected chi connectivity index (χ3v) is 3.74. The van der Waals surface area contributed by atoms with Crippen molar-refractivity contribution in [3.05, 3.63) is 46.3 Å². The van der Waals surface area contributed by atoms with Gasteiger partial charge < -0.3 is 4.90 Å². The Morgan fingerprint density at radius 3 is 2.82 bits per heavy atom. The molecule has 2 nitrogen and oxygen atoms in total. The molecule has 0 saturated carbocycles. The second kappa shape index (κ2) is 5.32. The van der Waals surface area contributed by atoms with Crippen molar-refractivity contribution in [2.45, 2.75) is 26.3 Å². The van der Waals surface area contributed by atoms with E-state index >= 15 is 0 Å². The molecule has 2 aromatic heterocycles. The summed E-state index contributed by atoms with van der Waals surface area (Å²) in [6, 6.07) is 8.81. The maximum absolute atomic E-state index is 4.55. The van der Waals surface area contributed by atoms with E-state index in [0.717, 1.165) is 17.9 Å². The molecule has 0 aliphatic heterocycles. The molecule has 0 spiro atoms. The van der Waals surface area contributed by atoms with E-state index in [1.165, 1.54) is 5.56 Å². The number of anilines is 1. The van der Waals surface area contributed by atoms with Gasteiger partial charge in [0.2, 0.25) is 0 Å². The number of aromatic nitrogens is 1. The van der Waals surface area contributed by atoms with Crippen molar-refractivity contribution in [3.63, 3.8) is 0 Å². The first-order valence-corrected chi connectivity index (χ1v) is 6.78. The van der Waals surface area contributed by atoms with Crippen LogP contribution < -0.4 is 4.90 Å². The second-order valence-electron chi connectivity index (χ2n) is 4.43. The van der Waals surface area contributed by atoms with E-state index < -0.39 is 0 Å². The van der Waals surface area contributed by atoms with Crippen LogP contribution in [0.4, 0.5) is 5.82 Å². The van der Waals surface area contributed by atoms with Crippen LogP contribution in [0.1, 0.15) is 18.2 Å². The predicted molar refractivity (Wildman–Crippen MR) is 74.9 cm³/mol. The van der Waals surface area contributed by atoms with Gasteiger partial charge in [-0.3, -0.25) is 0 Å². The molecular formula is C14H18N2S. The lowest BCUT2D eigenvalue weighted by Crippen LogP contribution is -2.31. The molecule has 0 N–H and O–H groups in total. The van der Waals surface area contributed by atoms with Crippen LogP contribution in [0.5, 0.6) is 0 Å². The second-order valence-corrected chi connectivity index (χ2v) is 5.21. The van der Waals surface area contributed by atoms with E-state index in [9.17, 15) is 0 Å². The Morgan fingerprint density at radius 2 is 2.18 bits per heavy atom. The average molecular weight is 246 g/mol. The lowest BCUT2D eigenvalue weighted by Gasteiger charge is -2.26. The number of pyridine rings is 1. The van der Waals surface area contributed by atoms with Gasteiger partial charge in [-0.15, -0.1) is 0 Å². The Bertz CT molecular complexity index is 465. The molecule has 2 rings (SSSR count). The van der Waals surface area contributed by atoms with Gasteiger partial charge in [0, 0.05) is 18.8 Å². The van der Waals surface area contributed by atoms with Crippen LogP contribution in [0, 0.1) is 6.92 Å². The summed E-state index contributed by atoms with van der Waals surface area (Å²) in [5, 5.41) is 4.35. The minimum Gasteiger partial charge on any atom is -0.357 e. The highest BCUT2D eigenvalue weighted by Crippen LogP contribution is 2.16. The number of rotatable bonds is 4. The van der Waals surface area contributed by atoms with Gasteiger partial charge in [-0.1, -0.05) is 6.07 Å². The fraction of sp³-hybridized carbons (Fsp3) is 0.357. The van der Waals surface area contributed by atoms with Crippen molar-refractivity contribution in [1.82, 2.24) is 4.98 Å². The van der Waals surface area contributed by atoms with Crippen molar-refractivity contribution in [2.24, 2.45) is 0 Å². The molecule has 0 saturated heterocycles. The van der Waals surface area contributed by atoms with Crippen LogP contribution in [-0.2, 0) is 6.42 Å². The minimum absolute atomic E-state index is 0.457. The predicted octanol–water partition coefficient (Wildman–Crippen LogP) is 3.52. The quantitative estimate of drug-likeness (QED) is 0.820. The maximum Gasteiger partial charge on any atom is 0.128 e. The largest absolute Gasteiger partial charge is 0.357 e. The lowest BCUT2D eigenvalue weighted by molar-refractivity contribution is 0.675. The molecule has 1 atom stereocenters. The van der Waals surface area contributed by atoms with Gasteiger partial charge >= 0.3 is 0 Å². The maximum atomic E-state index is 4.55. The van der Waals surface area contributed by atoms with Crippen molar-refractivity contribution in [1.29, 1.82) is 0 Å². The summed E-state index contributed by atoms with van der Waals surface area (Å²) in [7, 11) is 2.11. The summed E-state index contributed by atoms with van der Waals surface area (Å²) in [5.41, 5.74) is 2.47. The standard InChI is InChI=1S/C14H18N2S/c1-11-5-4-6-14(15-11)16(3)12(2)9-13-7-8-17-10-13/h4-8,10,12H,9H2,1-3H3. The average Bonchev–Trinajstić information content (AvgIpc) is 2.80. The van der Waals surface area contributed by atoms with Crippen LogP contribution in [0.25, 0.3) is 0 Å². The Morgan fingerprint density at radius 1 is 1.35 bits per heavy atom. The highest BCUT2D eigenvalue weighted by atomic mass is 32.1. The van der Waals surface area contributed by atoms with E-state index in [-0.39, 0.29) is 0 Å². The molecule has 2 aromatic rings. The first-order chi connectivity index (χ1) is 8.16. The van der Waals surface area contributed by atoms with Gasteiger partial charge in [0.05, 0.1) is 0 Å². The van der Waals surface area contributed by atoms with E-state index in [1.807, 2.05) is 13.0 Å². The van der Waals surface area contributed by atoms with E-state index in [4.69, 9.17) is 0 Å². The molecule has 3 heteroatoms. The highest BCUT2D eigenvalue weighted by Gasteiger charge is 2.12. The molecule has 90 valence electrons. The normalized spacial score (nSPS) is 12.4. The summed E-state index contributed by atoms with van der Waals surface area (Å²) in [5.74, 6) is 1.05. The zero-order valence-corrected chi connectivity index (χ0v) is 11.4. The van der Waals surface area contributed by atoms with E-state index in [0.29, 0.717) is 6.04 Å². The number of likely N-dealkylation sites (N-methyl/N-ethyl adjacent to an activating group) is 1. The highest BCUT2D eigenvalue weighted by molar-refractivity contribution is 7.07. The molecule has 0 amide bonds. The van der Waals surface area contributed by atoms with Gasteiger partial charge in [-0.25, -0.2) is 4.98 Å². The Balaban J connectivity index is 2.06.